The fourth-order valence-electron chi connectivity index (χ4n) is 2.66. The van der Waals surface area contributed by atoms with Gasteiger partial charge in [-0.05, 0) is 24.3 Å². The average Bonchev–Trinajstić information content (AvgIpc) is 2.73. The van der Waals surface area contributed by atoms with Crippen molar-refractivity contribution in [2.24, 2.45) is 0 Å². The third-order valence-corrected chi connectivity index (χ3v) is 4.12. The molecule has 3 rings (SSSR count). The minimum Gasteiger partial charge on any atom is -0.452 e. The van der Waals surface area contributed by atoms with E-state index in [0.717, 1.165) is 0 Å². The molecule has 0 radical (unpaired) electrons. The van der Waals surface area contributed by atoms with E-state index in [1.807, 2.05) is 6.07 Å². The highest BCUT2D eigenvalue weighted by molar-refractivity contribution is 6.08. The number of nitrogens with zero attached hydrogens (tertiary/aromatic N) is 1. The van der Waals surface area contributed by atoms with E-state index < -0.39 is 5.97 Å². The number of amides is 2. The summed E-state index contributed by atoms with van der Waals surface area (Å²) >= 11 is 0. The molecule has 1 saturated heterocycles. The molecule has 1 heterocycles. The third-order valence-electron chi connectivity index (χ3n) is 4.12. The highest BCUT2D eigenvalue weighted by Crippen LogP contribution is 2.17. The number of anilines is 1. The maximum Gasteiger partial charge on any atom is 0.340 e. The van der Waals surface area contributed by atoms with Crippen molar-refractivity contribution in [3.05, 3.63) is 65.7 Å². The molecule has 2 amide bonds. The second kappa shape index (κ2) is 8.95. The quantitative estimate of drug-likeness (QED) is 0.816. The lowest BCUT2D eigenvalue weighted by molar-refractivity contribution is -0.138. The van der Waals surface area contributed by atoms with Crippen molar-refractivity contribution in [3.8, 4) is 0 Å². The van der Waals surface area contributed by atoms with Crippen molar-refractivity contribution in [1.29, 1.82) is 0 Å². The maximum atomic E-state index is 12.4. The third kappa shape index (κ3) is 4.92. The molecular formula is C20H20N2O5. The molecule has 2 aromatic carbocycles. The number of hydrogen-bond donors (Lipinski definition) is 1. The van der Waals surface area contributed by atoms with Crippen molar-refractivity contribution in [3.63, 3.8) is 0 Å². The number of hydrogen-bond acceptors (Lipinski definition) is 5. The number of carbonyl (C=O) groups excluding carboxylic acids is 3. The van der Waals surface area contributed by atoms with Gasteiger partial charge in [0.05, 0.1) is 24.5 Å². The van der Waals surface area contributed by atoms with Crippen molar-refractivity contribution in [1.82, 2.24) is 4.90 Å². The van der Waals surface area contributed by atoms with Gasteiger partial charge in [-0.15, -0.1) is 0 Å². The van der Waals surface area contributed by atoms with Crippen LogP contribution in [0.15, 0.2) is 54.6 Å². The van der Waals surface area contributed by atoms with Crippen LogP contribution in [0.5, 0.6) is 0 Å². The Bertz CT molecular complexity index is 816. The van der Waals surface area contributed by atoms with Gasteiger partial charge in [0.1, 0.15) is 0 Å². The summed E-state index contributed by atoms with van der Waals surface area (Å²) < 4.78 is 10.3. The van der Waals surface area contributed by atoms with Crippen molar-refractivity contribution < 1.29 is 23.9 Å². The molecule has 0 spiro atoms. The SMILES string of the molecule is O=C(Nc1ccccc1C(=O)OCC(=O)N1CCOCC1)c1ccccc1. The summed E-state index contributed by atoms with van der Waals surface area (Å²) in [5, 5.41) is 2.71. The van der Waals surface area contributed by atoms with E-state index >= 15 is 0 Å². The normalized spacial score (nSPS) is 13.7. The number of esters is 1. The monoisotopic (exact) mass is 368 g/mol. The van der Waals surface area contributed by atoms with Gasteiger partial charge < -0.3 is 19.7 Å². The smallest absolute Gasteiger partial charge is 0.340 e. The zero-order valence-corrected chi connectivity index (χ0v) is 14.7. The van der Waals surface area contributed by atoms with E-state index in [1.165, 1.54) is 0 Å². The Hall–Kier alpha value is -3.19. The Kier molecular flexibility index (Phi) is 6.17. The molecule has 140 valence electrons. The summed E-state index contributed by atoms with van der Waals surface area (Å²) in [6, 6.07) is 15.2. The first kappa shape index (κ1) is 18.6. The maximum absolute atomic E-state index is 12.4. The number of benzene rings is 2. The van der Waals surface area contributed by atoms with Gasteiger partial charge in [-0.2, -0.15) is 0 Å². The Labute approximate surface area is 156 Å². The molecule has 2 aromatic rings. The number of morpholine rings is 1. The van der Waals surface area contributed by atoms with Crippen LogP contribution in [0, 0.1) is 0 Å². The summed E-state index contributed by atoms with van der Waals surface area (Å²) in [5.41, 5.74) is 0.995. The molecule has 27 heavy (non-hydrogen) atoms. The minimum atomic E-state index is -0.666. The molecule has 1 aliphatic heterocycles. The van der Waals surface area contributed by atoms with E-state index in [-0.39, 0.29) is 24.0 Å². The van der Waals surface area contributed by atoms with Gasteiger partial charge >= 0.3 is 5.97 Å². The first-order valence-electron chi connectivity index (χ1n) is 8.63. The van der Waals surface area contributed by atoms with E-state index in [1.54, 1.807) is 53.4 Å². The first-order valence-corrected chi connectivity index (χ1v) is 8.63. The molecule has 1 fully saturated rings. The summed E-state index contributed by atoms with van der Waals surface area (Å²) in [4.78, 5) is 38.4. The summed E-state index contributed by atoms with van der Waals surface area (Å²) in [6.07, 6.45) is 0. The Morgan fingerprint density at radius 1 is 0.963 bits per heavy atom. The number of carbonyl (C=O) groups is 3. The highest BCUT2D eigenvalue weighted by Gasteiger charge is 2.20. The molecular weight excluding hydrogens is 348 g/mol. The van der Waals surface area contributed by atoms with Crippen LogP contribution in [0.4, 0.5) is 5.69 Å². The van der Waals surface area contributed by atoms with Gasteiger partial charge in [0.2, 0.25) is 0 Å². The summed E-state index contributed by atoms with van der Waals surface area (Å²) in [7, 11) is 0. The highest BCUT2D eigenvalue weighted by atomic mass is 16.5. The lowest BCUT2D eigenvalue weighted by Crippen LogP contribution is -2.42. The lowest BCUT2D eigenvalue weighted by atomic mass is 10.1. The van der Waals surface area contributed by atoms with Gasteiger partial charge in [0.15, 0.2) is 6.61 Å². The molecule has 0 aliphatic carbocycles. The van der Waals surface area contributed by atoms with Crippen LogP contribution in [0.25, 0.3) is 0 Å². The summed E-state index contributed by atoms with van der Waals surface area (Å²) in [6.45, 7) is 1.59. The van der Waals surface area contributed by atoms with Crippen LogP contribution in [-0.4, -0.2) is 55.6 Å². The number of para-hydroxylation sites is 1. The molecule has 0 aromatic heterocycles. The Balaban J connectivity index is 1.63. The predicted molar refractivity (Wildman–Crippen MR) is 98.5 cm³/mol. The fraction of sp³-hybridized carbons (Fsp3) is 0.250. The van der Waals surface area contributed by atoms with Crippen molar-refractivity contribution in [2.75, 3.05) is 38.2 Å². The molecule has 0 unspecified atom stereocenters. The molecule has 1 aliphatic rings. The van der Waals surface area contributed by atoms with Crippen LogP contribution in [0.3, 0.4) is 0 Å². The largest absolute Gasteiger partial charge is 0.452 e. The molecule has 0 bridgehead atoms. The number of rotatable bonds is 5. The standard InChI is InChI=1S/C20H20N2O5/c23-18(22-10-12-26-13-11-22)14-27-20(25)16-8-4-5-9-17(16)21-19(24)15-6-2-1-3-7-15/h1-9H,10-14H2,(H,21,24). The molecule has 1 N–H and O–H groups in total. The van der Waals surface area contributed by atoms with Crippen LogP contribution in [0.1, 0.15) is 20.7 Å². The zero-order chi connectivity index (χ0) is 19.1. The first-order chi connectivity index (χ1) is 13.1. The fourth-order valence-corrected chi connectivity index (χ4v) is 2.66. The van der Waals surface area contributed by atoms with Gasteiger partial charge in [-0.25, -0.2) is 4.79 Å². The van der Waals surface area contributed by atoms with Crippen molar-refractivity contribution in [2.45, 2.75) is 0 Å². The second-order valence-electron chi connectivity index (χ2n) is 5.94. The van der Waals surface area contributed by atoms with Crippen LogP contribution in [-0.2, 0) is 14.3 Å². The van der Waals surface area contributed by atoms with E-state index in [0.29, 0.717) is 37.6 Å². The van der Waals surface area contributed by atoms with Crippen molar-refractivity contribution >= 4 is 23.5 Å². The molecule has 0 atom stereocenters. The summed E-state index contributed by atoms with van der Waals surface area (Å²) in [5.74, 6) is -1.27. The van der Waals surface area contributed by atoms with Crippen LogP contribution in [0.2, 0.25) is 0 Å². The van der Waals surface area contributed by atoms with E-state index in [9.17, 15) is 14.4 Å². The Morgan fingerprint density at radius 3 is 2.37 bits per heavy atom. The molecule has 7 heteroatoms. The lowest BCUT2D eigenvalue weighted by Gasteiger charge is -2.26. The van der Waals surface area contributed by atoms with Gasteiger partial charge in [0, 0.05) is 18.7 Å². The minimum absolute atomic E-state index is 0.191. The molecule has 7 nitrogen and oxygen atoms in total. The predicted octanol–water partition coefficient (Wildman–Crippen LogP) is 1.95. The van der Waals surface area contributed by atoms with Gasteiger partial charge in [-0.1, -0.05) is 30.3 Å². The van der Waals surface area contributed by atoms with Crippen LogP contribution >= 0.6 is 0 Å². The van der Waals surface area contributed by atoms with E-state index in [2.05, 4.69) is 5.32 Å². The molecule has 0 saturated carbocycles. The zero-order valence-electron chi connectivity index (χ0n) is 14.7. The number of ether oxygens (including phenoxy) is 2. The van der Waals surface area contributed by atoms with E-state index in [4.69, 9.17) is 9.47 Å². The van der Waals surface area contributed by atoms with Gasteiger partial charge in [0.25, 0.3) is 11.8 Å². The topological polar surface area (TPSA) is 84.9 Å². The average molecular weight is 368 g/mol. The second-order valence-corrected chi connectivity index (χ2v) is 5.94. The number of nitrogens with one attached hydrogen (secondary N) is 1. The van der Waals surface area contributed by atoms with Gasteiger partial charge in [-0.3, -0.25) is 9.59 Å². The van der Waals surface area contributed by atoms with Crippen LogP contribution < -0.4 is 5.32 Å². The Morgan fingerprint density at radius 2 is 1.63 bits per heavy atom.